The number of hydrazine groups is 1. The largest absolute Gasteiger partial charge is 0.480 e. The summed E-state index contributed by atoms with van der Waals surface area (Å²) < 4.78 is 24.3. The first-order valence-electron chi connectivity index (χ1n) is 7.80. The number of hydrogen-bond donors (Lipinski definition) is 2. The number of benzene rings is 2. The van der Waals surface area contributed by atoms with Gasteiger partial charge in [0.1, 0.15) is 5.75 Å². The lowest BCUT2D eigenvalue weighted by Gasteiger charge is -2.16. The molecule has 6 nitrogen and oxygen atoms in total. The summed E-state index contributed by atoms with van der Waals surface area (Å²) >= 11 is 0. The van der Waals surface area contributed by atoms with Crippen LogP contribution >= 0.6 is 0 Å². The Morgan fingerprint density at radius 1 is 1.16 bits per heavy atom. The highest BCUT2D eigenvalue weighted by atomic mass is 19.1. The molecule has 2 amide bonds. The number of hydrogen-bond acceptors (Lipinski definition) is 4. The Labute approximate surface area is 143 Å². The van der Waals surface area contributed by atoms with Gasteiger partial charge in [0.2, 0.25) is 0 Å². The summed E-state index contributed by atoms with van der Waals surface area (Å²) in [6.45, 7) is 1.45. The van der Waals surface area contributed by atoms with Gasteiger partial charge in [-0.25, -0.2) is 4.39 Å². The fraction of sp³-hybridized carbons (Fsp3) is 0.222. The molecular formula is C18H17FN2O4. The first-order valence-corrected chi connectivity index (χ1v) is 7.80. The van der Waals surface area contributed by atoms with Gasteiger partial charge in [-0.05, 0) is 30.7 Å². The van der Waals surface area contributed by atoms with Crippen molar-refractivity contribution in [3.8, 4) is 11.5 Å². The van der Waals surface area contributed by atoms with Crippen molar-refractivity contribution < 1.29 is 23.5 Å². The van der Waals surface area contributed by atoms with E-state index in [4.69, 9.17) is 9.47 Å². The van der Waals surface area contributed by atoms with E-state index in [1.165, 1.54) is 25.1 Å². The monoisotopic (exact) mass is 344 g/mol. The molecule has 1 aliphatic rings. The number of carbonyl (C=O) groups is 2. The van der Waals surface area contributed by atoms with E-state index in [1.54, 1.807) is 12.1 Å². The number of amides is 2. The van der Waals surface area contributed by atoms with Crippen LogP contribution in [0, 0.1) is 5.82 Å². The number of ether oxygens (including phenoxy) is 2. The maximum atomic E-state index is 13.5. The van der Waals surface area contributed by atoms with Crippen LogP contribution in [0.1, 0.15) is 12.5 Å². The molecule has 0 aliphatic carbocycles. The number of nitrogens with one attached hydrogen (secondary N) is 2. The number of rotatable bonds is 4. The Kier molecular flexibility index (Phi) is 4.83. The molecule has 0 unspecified atom stereocenters. The van der Waals surface area contributed by atoms with Crippen LogP contribution in [-0.2, 0) is 16.0 Å². The number of halogens is 1. The standard InChI is InChI=1S/C18H17FN2O4/c1-11(24-15-9-5-3-7-13(15)19)17(22)20-21-18(23)16-10-12-6-2-4-8-14(12)25-16/h2-9,11,16H,10H2,1H3,(H,20,22)(H,21,23)/t11-,16+/m1/s1. The van der Waals surface area contributed by atoms with E-state index in [0.717, 1.165) is 5.56 Å². The third-order valence-corrected chi connectivity index (χ3v) is 3.76. The van der Waals surface area contributed by atoms with E-state index < -0.39 is 29.8 Å². The third kappa shape index (κ3) is 3.88. The summed E-state index contributed by atoms with van der Waals surface area (Å²) in [4.78, 5) is 24.1. The van der Waals surface area contributed by atoms with Gasteiger partial charge >= 0.3 is 0 Å². The number of para-hydroxylation sites is 2. The van der Waals surface area contributed by atoms with Crippen LogP contribution in [0.5, 0.6) is 11.5 Å². The number of carbonyl (C=O) groups excluding carboxylic acids is 2. The topological polar surface area (TPSA) is 76.7 Å². The molecule has 2 atom stereocenters. The number of fused-ring (bicyclic) bond motifs is 1. The SMILES string of the molecule is C[C@@H](Oc1ccccc1F)C(=O)NNC(=O)[C@@H]1Cc2ccccc2O1. The quantitative estimate of drug-likeness (QED) is 0.829. The van der Waals surface area contributed by atoms with Crippen molar-refractivity contribution in [2.24, 2.45) is 0 Å². The smallest absolute Gasteiger partial charge is 0.279 e. The van der Waals surface area contributed by atoms with E-state index in [9.17, 15) is 14.0 Å². The Morgan fingerprint density at radius 3 is 2.64 bits per heavy atom. The lowest BCUT2D eigenvalue weighted by molar-refractivity contribution is -0.135. The van der Waals surface area contributed by atoms with E-state index in [-0.39, 0.29) is 5.75 Å². The van der Waals surface area contributed by atoms with E-state index in [1.807, 2.05) is 18.2 Å². The summed E-state index contributed by atoms with van der Waals surface area (Å²) in [6.07, 6.45) is -1.27. The summed E-state index contributed by atoms with van der Waals surface area (Å²) in [6, 6.07) is 13.1. The van der Waals surface area contributed by atoms with Gasteiger partial charge in [0.05, 0.1) is 0 Å². The molecule has 0 radical (unpaired) electrons. The van der Waals surface area contributed by atoms with Gasteiger partial charge in [0.25, 0.3) is 11.8 Å². The maximum Gasteiger partial charge on any atom is 0.279 e. The normalized spacial score (nSPS) is 16.3. The second kappa shape index (κ2) is 7.21. The molecule has 3 rings (SSSR count). The molecule has 1 aliphatic heterocycles. The molecule has 2 N–H and O–H groups in total. The second-order valence-electron chi connectivity index (χ2n) is 5.59. The van der Waals surface area contributed by atoms with Crippen molar-refractivity contribution in [2.75, 3.05) is 0 Å². The van der Waals surface area contributed by atoms with Gasteiger partial charge in [0.15, 0.2) is 23.8 Å². The second-order valence-corrected chi connectivity index (χ2v) is 5.59. The minimum absolute atomic E-state index is 0.0361. The first kappa shape index (κ1) is 16.8. The average Bonchev–Trinajstić information content (AvgIpc) is 3.05. The molecule has 0 fully saturated rings. The Balaban J connectivity index is 1.49. The Morgan fingerprint density at radius 2 is 1.88 bits per heavy atom. The van der Waals surface area contributed by atoms with Crippen LogP contribution in [0.2, 0.25) is 0 Å². The molecule has 0 spiro atoms. The first-order chi connectivity index (χ1) is 12.0. The van der Waals surface area contributed by atoms with Gasteiger partial charge in [-0.1, -0.05) is 30.3 Å². The minimum atomic E-state index is -0.987. The van der Waals surface area contributed by atoms with Crippen LogP contribution < -0.4 is 20.3 Å². The molecule has 2 aromatic carbocycles. The van der Waals surface area contributed by atoms with Crippen LogP contribution in [0.4, 0.5) is 4.39 Å². The fourth-order valence-electron chi connectivity index (χ4n) is 2.42. The molecular weight excluding hydrogens is 327 g/mol. The van der Waals surface area contributed by atoms with Crippen LogP contribution in [0.15, 0.2) is 48.5 Å². The fourth-order valence-corrected chi connectivity index (χ4v) is 2.42. The van der Waals surface area contributed by atoms with E-state index >= 15 is 0 Å². The third-order valence-electron chi connectivity index (χ3n) is 3.76. The van der Waals surface area contributed by atoms with Crippen LogP contribution in [-0.4, -0.2) is 24.0 Å². The van der Waals surface area contributed by atoms with Gasteiger partial charge in [-0.2, -0.15) is 0 Å². The molecule has 130 valence electrons. The molecule has 0 saturated carbocycles. The Bertz CT molecular complexity index is 771. The zero-order chi connectivity index (χ0) is 17.8. The summed E-state index contributed by atoms with van der Waals surface area (Å²) in [7, 11) is 0. The minimum Gasteiger partial charge on any atom is -0.480 e. The van der Waals surface area contributed by atoms with Crippen molar-refractivity contribution in [1.82, 2.24) is 10.9 Å². The molecule has 1 heterocycles. The van der Waals surface area contributed by atoms with Crippen LogP contribution in [0.25, 0.3) is 0 Å². The van der Waals surface area contributed by atoms with Crippen molar-refractivity contribution in [2.45, 2.75) is 25.6 Å². The summed E-state index contributed by atoms with van der Waals surface area (Å²) in [5.74, 6) is -1.02. The highest BCUT2D eigenvalue weighted by molar-refractivity contribution is 5.87. The van der Waals surface area contributed by atoms with Crippen molar-refractivity contribution in [3.63, 3.8) is 0 Å². The van der Waals surface area contributed by atoms with Gasteiger partial charge in [0, 0.05) is 6.42 Å². The molecule has 25 heavy (non-hydrogen) atoms. The van der Waals surface area contributed by atoms with E-state index in [2.05, 4.69) is 10.9 Å². The predicted octanol–water partition coefficient (Wildman–Crippen LogP) is 1.74. The van der Waals surface area contributed by atoms with Crippen molar-refractivity contribution >= 4 is 11.8 Å². The molecule has 0 saturated heterocycles. The summed E-state index contributed by atoms with van der Waals surface area (Å²) in [5.41, 5.74) is 5.50. The highest BCUT2D eigenvalue weighted by Crippen LogP contribution is 2.28. The molecule has 7 heteroatoms. The molecule has 0 aromatic heterocycles. The lowest BCUT2D eigenvalue weighted by Crippen LogP contribution is -2.51. The lowest BCUT2D eigenvalue weighted by atomic mass is 10.1. The zero-order valence-corrected chi connectivity index (χ0v) is 13.5. The van der Waals surface area contributed by atoms with Crippen molar-refractivity contribution in [3.05, 3.63) is 59.9 Å². The maximum absolute atomic E-state index is 13.5. The Hall–Kier alpha value is -3.09. The highest BCUT2D eigenvalue weighted by Gasteiger charge is 2.29. The van der Waals surface area contributed by atoms with Crippen molar-refractivity contribution in [1.29, 1.82) is 0 Å². The summed E-state index contributed by atoms with van der Waals surface area (Å²) in [5, 5.41) is 0. The van der Waals surface area contributed by atoms with Gasteiger partial charge in [-0.15, -0.1) is 0 Å². The predicted molar refractivity (Wildman–Crippen MR) is 87.3 cm³/mol. The van der Waals surface area contributed by atoms with E-state index in [0.29, 0.717) is 12.2 Å². The van der Waals surface area contributed by atoms with Gasteiger partial charge < -0.3 is 9.47 Å². The van der Waals surface area contributed by atoms with Gasteiger partial charge in [-0.3, -0.25) is 20.4 Å². The molecule has 0 bridgehead atoms. The van der Waals surface area contributed by atoms with Crippen LogP contribution in [0.3, 0.4) is 0 Å². The molecule has 2 aromatic rings. The zero-order valence-electron chi connectivity index (χ0n) is 13.5. The average molecular weight is 344 g/mol.